The van der Waals surface area contributed by atoms with E-state index in [1.807, 2.05) is 91.0 Å². The minimum absolute atomic E-state index is 0.345. The zero-order valence-electron chi connectivity index (χ0n) is 15.9. The number of aliphatic carboxylic acids is 1. The van der Waals surface area contributed by atoms with Crippen LogP contribution in [0.1, 0.15) is 22.8 Å². The largest absolute Gasteiger partial charge is 0.480 e. The molecule has 3 aromatic rings. The quantitative estimate of drug-likeness (QED) is 0.432. The van der Waals surface area contributed by atoms with Crippen molar-refractivity contribution in [2.24, 2.45) is 0 Å². The van der Waals surface area contributed by atoms with Crippen LogP contribution in [0.5, 0.6) is 0 Å². The minimum Gasteiger partial charge on any atom is -0.480 e. The molecule has 1 unspecified atom stereocenters. The van der Waals surface area contributed by atoms with Gasteiger partial charge in [-0.15, -0.1) is 0 Å². The first kappa shape index (κ1) is 20.3. The molecule has 2 N–H and O–H groups in total. The molecule has 5 heteroatoms. The van der Waals surface area contributed by atoms with Crippen molar-refractivity contribution in [2.75, 3.05) is 6.54 Å². The lowest BCUT2D eigenvalue weighted by atomic mass is 10.0. The van der Waals surface area contributed by atoms with Gasteiger partial charge in [-0.1, -0.05) is 91.0 Å². The van der Waals surface area contributed by atoms with Crippen LogP contribution < -0.4 is 5.32 Å². The van der Waals surface area contributed by atoms with Gasteiger partial charge in [-0.3, -0.25) is 5.32 Å². The fraction of sp³-hybridized carbons (Fsp3) is 0.167. The number of carbonyl (C=O) groups excluding carboxylic acids is 1. The van der Waals surface area contributed by atoms with Crippen LogP contribution in [0.4, 0.5) is 0 Å². The van der Waals surface area contributed by atoms with Crippen molar-refractivity contribution in [3.63, 3.8) is 0 Å². The van der Waals surface area contributed by atoms with Gasteiger partial charge in [0.2, 0.25) is 6.04 Å². The Morgan fingerprint density at radius 2 is 1.28 bits per heavy atom. The van der Waals surface area contributed by atoms with Crippen molar-refractivity contribution in [2.45, 2.75) is 18.6 Å². The predicted molar refractivity (Wildman–Crippen MR) is 110 cm³/mol. The van der Waals surface area contributed by atoms with Gasteiger partial charge in [0.25, 0.3) is 0 Å². The second-order valence-corrected chi connectivity index (χ2v) is 6.60. The van der Waals surface area contributed by atoms with Crippen LogP contribution in [0, 0.1) is 0 Å². The lowest BCUT2D eigenvalue weighted by molar-refractivity contribution is -0.157. The smallest absolute Gasteiger partial charge is 0.335 e. The van der Waals surface area contributed by atoms with Crippen LogP contribution in [0.25, 0.3) is 0 Å². The van der Waals surface area contributed by atoms with Crippen molar-refractivity contribution in [1.82, 2.24) is 5.32 Å². The van der Waals surface area contributed by atoms with Crippen LogP contribution >= 0.6 is 0 Å². The van der Waals surface area contributed by atoms with E-state index in [0.29, 0.717) is 13.0 Å². The molecule has 0 aromatic heterocycles. The van der Waals surface area contributed by atoms with Gasteiger partial charge in [0.05, 0.1) is 0 Å². The van der Waals surface area contributed by atoms with E-state index in [1.54, 1.807) is 0 Å². The Bertz CT molecular complexity index is 874. The average molecular weight is 389 g/mol. The maximum absolute atomic E-state index is 12.7. The summed E-state index contributed by atoms with van der Waals surface area (Å²) in [7, 11) is 0. The van der Waals surface area contributed by atoms with Crippen molar-refractivity contribution < 1.29 is 19.4 Å². The molecule has 1 atom stereocenters. The fourth-order valence-corrected chi connectivity index (χ4v) is 3.05. The van der Waals surface area contributed by atoms with Gasteiger partial charge < -0.3 is 9.84 Å². The average Bonchev–Trinajstić information content (AvgIpc) is 2.76. The van der Waals surface area contributed by atoms with Gasteiger partial charge in [-0.25, -0.2) is 9.59 Å². The third-order valence-electron chi connectivity index (χ3n) is 4.53. The summed E-state index contributed by atoms with van der Waals surface area (Å²) in [4.78, 5) is 24.4. The Hall–Kier alpha value is -3.44. The molecule has 0 radical (unpaired) electrons. The van der Waals surface area contributed by atoms with E-state index in [2.05, 4.69) is 5.32 Å². The van der Waals surface area contributed by atoms with Crippen LogP contribution in [-0.4, -0.2) is 29.6 Å². The molecule has 0 aliphatic carbocycles. The molecular weight excluding hydrogens is 366 g/mol. The zero-order valence-corrected chi connectivity index (χ0v) is 15.9. The van der Waals surface area contributed by atoms with Gasteiger partial charge in [0.15, 0.2) is 6.10 Å². The summed E-state index contributed by atoms with van der Waals surface area (Å²) in [6, 6.07) is 26.8. The summed E-state index contributed by atoms with van der Waals surface area (Å²) < 4.78 is 5.67. The van der Waals surface area contributed by atoms with Crippen LogP contribution in [0.2, 0.25) is 0 Å². The SMILES string of the molecule is O=C(O)C(NCCc1ccccc1)C(=O)OC(c1ccccc1)c1ccccc1. The van der Waals surface area contributed by atoms with Crippen molar-refractivity contribution in [3.05, 3.63) is 108 Å². The van der Waals surface area contributed by atoms with E-state index in [0.717, 1.165) is 16.7 Å². The van der Waals surface area contributed by atoms with Gasteiger partial charge in [-0.2, -0.15) is 0 Å². The van der Waals surface area contributed by atoms with E-state index >= 15 is 0 Å². The highest BCUT2D eigenvalue weighted by atomic mass is 16.5. The first-order valence-electron chi connectivity index (χ1n) is 9.45. The number of hydrogen-bond donors (Lipinski definition) is 2. The molecule has 29 heavy (non-hydrogen) atoms. The molecule has 0 amide bonds. The van der Waals surface area contributed by atoms with Gasteiger partial charge >= 0.3 is 11.9 Å². The minimum atomic E-state index is -1.44. The Morgan fingerprint density at radius 1 is 0.793 bits per heavy atom. The Labute approximate surface area is 170 Å². The third-order valence-corrected chi connectivity index (χ3v) is 4.53. The molecule has 0 bridgehead atoms. The highest BCUT2D eigenvalue weighted by Gasteiger charge is 2.30. The first-order valence-corrected chi connectivity index (χ1v) is 9.45. The number of benzene rings is 3. The van der Waals surface area contributed by atoms with Crippen molar-refractivity contribution >= 4 is 11.9 Å². The molecule has 0 aliphatic heterocycles. The molecular formula is C24H23NO4. The van der Waals surface area contributed by atoms with E-state index in [-0.39, 0.29) is 0 Å². The Morgan fingerprint density at radius 3 is 1.76 bits per heavy atom. The van der Waals surface area contributed by atoms with Gasteiger partial charge in [0, 0.05) is 6.54 Å². The van der Waals surface area contributed by atoms with Crippen molar-refractivity contribution in [1.29, 1.82) is 0 Å². The number of hydrogen-bond acceptors (Lipinski definition) is 4. The predicted octanol–water partition coefficient (Wildman–Crippen LogP) is 3.60. The number of carbonyl (C=O) groups is 2. The number of esters is 1. The van der Waals surface area contributed by atoms with E-state index in [1.165, 1.54) is 0 Å². The molecule has 0 saturated carbocycles. The van der Waals surface area contributed by atoms with E-state index in [4.69, 9.17) is 4.74 Å². The standard InChI is InChI=1S/C24H23NO4/c26-23(27)21(25-17-16-18-10-4-1-5-11-18)24(28)29-22(19-12-6-2-7-13-19)20-14-8-3-9-15-20/h1-15,21-22,25H,16-17H2,(H,26,27). The topological polar surface area (TPSA) is 75.6 Å². The van der Waals surface area contributed by atoms with Gasteiger partial charge in [-0.05, 0) is 23.1 Å². The highest BCUT2D eigenvalue weighted by Crippen LogP contribution is 2.26. The fourth-order valence-electron chi connectivity index (χ4n) is 3.05. The van der Waals surface area contributed by atoms with Crippen LogP contribution in [0.15, 0.2) is 91.0 Å². The number of carboxylic acids is 1. The summed E-state index contributed by atoms with van der Waals surface area (Å²) in [5, 5.41) is 12.3. The number of rotatable bonds is 9. The maximum Gasteiger partial charge on any atom is 0.335 e. The summed E-state index contributed by atoms with van der Waals surface area (Å²) in [5.41, 5.74) is 2.62. The number of ether oxygens (including phenoxy) is 1. The molecule has 0 saturated heterocycles. The van der Waals surface area contributed by atoms with Crippen LogP contribution in [-0.2, 0) is 20.7 Å². The van der Waals surface area contributed by atoms with Gasteiger partial charge in [0.1, 0.15) is 0 Å². The second kappa shape index (κ2) is 10.2. The van der Waals surface area contributed by atoms with Crippen LogP contribution in [0.3, 0.4) is 0 Å². The van der Waals surface area contributed by atoms with E-state index < -0.39 is 24.1 Å². The highest BCUT2D eigenvalue weighted by molar-refractivity contribution is 5.98. The molecule has 3 aromatic carbocycles. The molecule has 3 rings (SSSR count). The maximum atomic E-state index is 12.7. The first-order chi connectivity index (χ1) is 14.1. The summed E-state index contributed by atoms with van der Waals surface area (Å²) >= 11 is 0. The summed E-state index contributed by atoms with van der Waals surface area (Å²) in [6.45, 7) is 0.345. The summed E-state index contributed by atoms with van der Waals surface area (Å²) in [5.74, 6) is -2.08. The summed E-state index contributed by atoms with van der Waals surface area (Å²) in [6.07, 6.45) is -0.0683. The Balaban J connectivity index is 1.71. The lowest BCUT2D eigenvalue weighted by Gasteiger charge is -2.21. The monoisotopic (exact) mass is 389 g/mol. The zero-order chi connectivity index (χ0) is 20.5. The third kappa shape index (κ3) is 5.77. The molecule has 0 fully saturated rings. The molecule has 0 heterocycles. The van der Waals surface area contributed by atoms with Crippen molar-refractivity contribution in [3.8, 4) is 0 Å². The molecule has 0 spiro atoms. The van der Waals surface area contributed by atoms with E-state index in [9.17, 15) is 14.7 Å². The normalized spacial score (nSPS) is 11.8. The molecule has 0 aliphatic rings. The lowest BCUT2D eigenvalue weighted by Crippen LogP contribution is -2.45. The second-order valence-electron chi connectivity index (χ2n) is 6.60. The Kier molecular flexibility index (Phi) is 7.14. The number of nitrogens with one attached hydrogen (secondary N) is 1. The molecule has 5 nitrogen and oxygen atoms in total. The number of carboxylic acid groups (broad SMARTS) is 1. The molecule has 148 valence electrons.